The molecule has 0 spiro atoms. The number of aliphatic hydroxyl groups is 2. The summed E-state index contributed by atoms with van der Waals surface area (Å²) in [6, 6.07) is 0.395. The van der Waals surface area contributed by atoms with Crippen LogP contribution in [0.2, 0.25) is 0 Å². The van der Waals surface area contributed by atoms with Gasteiger partial charge in [-0.05, 0) is 13.2 Å². The zero-order valence-electron chi connectivity index (χ0n) is 7.08. The molecule has 0 aliphatic heterocycles. The minimum Gasteiger partial charge on any atom is -0.394 e. The molecule has 0 aliphatic rings. The van der Waals surface area contributed by atoms with Crippen molar-refractivity contribution < 1.29 is 10.2 Å². The molecule has 0 fully saturated rings. The lowest BCUT2D eigenvalue weighted by atomic mass is 10.3. The van der Waals surface area contributed by atoms with Gasteiger partial charge >= 0.3 is 0 Å². The van der Waals surface area contributed by atoms with Crippen LogP contribution in [0.5, 0.6) is 0 Å². The van der Waals surface area contributed by atoms with Crippen LogP contribution in [0.4, 0.5) is 0 Å². The molecule has 68 valence electrons. The van der Waals surface area contributed by atoms with Gasteiger partial charge in [0, 0.05) is 18.3 Å². The summed E-state index contributed by atoms with van der Waals surface area (Å²) < 4.78 is 0. The second-order valence-electron chi connectivity index (χ2n) is 2.60. The van der Waals surface area contributed by atoms with E-state index in [9.17, 15) is 0 Å². The van der Waals surface area contributed by atoms with Crippen LogP contribution in [-0.2, 0) is 0 Å². The first-order chi connectivity index (χ1) is 5.20. The molecule has 0 saturated heterocycles. The number of aliphatic hydroxyl groups excluding tert-OH is 2. The van der Waals surface area contributed by atoms with Crippen molar-refractivity contribution in [3.63, 3.8) is 0 Å². The van der Waals surface area contributed by atoms with E-state index in [0.717, 1.165) is 5.75 Å². The number of nitrogens with one attached hydrogen (secondary N) is 1. The average molecular weight is 179 g/mol. The maximum Gasteiger partial charge on any atom is 0.0895 e. The van der Waals surface area contributed by atoms with Crippen molar-refractivity contribution in [2.75, 3.05) is 25.2 Å². The van der Waals surface area contributed by atoms with E-state index in [1.165, 1.54) is 0 Å². The molecular formula is C7H17NO2S. The van der Waals surface area contributed by atoms with Crippen LogP contribution >= 0.6 is 11.8 Å². The molecular weight excluding hydrogens is 162 g/mol. The fourth-order valence-electron chi connectivity index (χ4n) is 0.711. The van der Waals surface area contributed by atoms with Crippen LogP contribution in [-0.4, -0.2) is 47.5 Å². The van der Waals surface area contributed by atoms with Gasteiger partial charge < -0.3 is 15.5 Å². The van der Waals surface area contributed by atoms with Gasteiger partial charge in [0.05, 0.1) is 12.7 Å². The molecule has 4 heteroatoms. The van der Waals surface area contributed by atoms with Gasteiger partial charge in [-0.1, -0.05) is 0 Å². The second kappa shape index (κ2) is 6.91. The Morgan fingerprint density at radius 1 is 1.55 bits per heavy atom. The monoisotopic (exact) mass is 179 g/mol. The van der Waals surface area contributed by atoms with Crippen molar-refractivity contribution in [2.45, 2.75) is 19.1 Å². The van der Waals surface area contributed by atoms with E-state index in [0.29, 0.717) is 12.6 Å². The maximum atomic E-state index is 8.96. The molecule has 0 rings (SSSR count). The van der Waals surface area contributed by atoms with Gasteiger partial charge in [-0.2, -0.15) is 11.8 Å². The normalized spacial score (nSPS) is 16.4. The van der Waals surface area contributed by atoms with E-state index >= 15 is 0 Å². The lowest BCUT2D eigenvalue weighted by Gasteiger charge is -2.14. The predicted molar refractivity (Wildman–Crippen MR) is 48.9 cm³/mol. The number of rotatable bonds is 6. The summed E-state index contributed by atoms with van der Waals surface area (Å²) in [5.74, 6) is 1.03. The van der Waals surface area contributed by atoms with Crippen molar-refractivity contribution in [2.24, 2.45) is 0 Å². The Morgan fingerprint density at radius 3 is 2.64 bits per heavy atom. The molecule has 2 atom stereocenters. The van der Waals surface area contributed by atoms with Gasteiger partial charge in [-0.25, -0.2) is 0 Å². The van der Waals surface area contributed by atoms with E-state index in [2.05, 4.69) is 12.2 Å². The van der Waals surface area contributed by atoms with Gasteiger partial charge in [-0.15, -0.1) is 0 Å². The van der Waals surface area contributed by atoms with Crippen LogP contribution < -0.4 is 5.32 Å². The molecule has 0 saturated carbocycles. The molecule has 0 amide bonds. The number of thioether (sulfide) groups is 1. The molecule has 0 radical (unpaired) electrons. The molecule has 0 heterocycles. The van der Waals surface area contributed by atoms with E-state index in [-0.39, 0.29) is 6.61 Å². The number of hydrogen-bond acceptors (Lipinski definition) is 4. The highest BCUT2D eigenvalue weighted by Crippen LogP contribution is 1.95. The molecule has 11 heavy (non-hydrogen) atoms. The molecule has 0 aliphatic carbocycles. The molecule has 0 aromatic heterocycles. The summed E-state index contributed by atoms with van der Waals surface area (Å²) in [5, 5.41) is 20.5. The summed E-state index contributed by atoms with van der Waals surface area (Å²) in [4.78, 5) is 0. The van der Waals surface area contributed by atoms with Crippen LogP contribution in [0, 0.1) is 0 Å². The Labute approximate surface area is 72.2 Å². The quantitative estimate of drug-likeness (QED) is 0.523. The minimum absolute atomic E-state index is 0.168. The Balaban J connectivity index is 3.22. The first kappa shape index (κ1) is 11.2. The van der Waals surface area contributed by atoms with Crippen molar-refractivity contribution >= 4 is 11.8 Å². The van der Waals surface area contributed by atoms with Crippen molar-refractivity contribution in [1.29, 1.82) is 0 Å². The first-order valence-corrected chi connectivity index (χ1v) is 5.11. The molecule has 0 bridgehead atoms. The molecule has 3 N–H and O–H groups in total. The third kappa shape index (κ3) is 6.62. The number of hydrogen-bond donors (Lipinski definition) is 3. The first-order valence-electron chi connectivity index (χ1n) is 3.72. The summed E-state index contributed by atoms with van der Waals surface area (Å²) in [6.07, 6.45) is 1.42. The van der Waals surface area contributed by atoms with Crippen molar-refractivity contribution in [3.8, 4) is 0 Å². The van der Waals surface area contributed by atoms with Crippen molar-refractivity contribution in [1.82, 2.24) is 5.32 Å². The highest BCUT2D eigenvalue weighted by Gasteiger charge is 2.04. The minimum atomic E-state index is -0.626. The van der Waals surface area contributed by atoms with E-state index in [4.69, 9.17) is 10.2 Å². The van der Waals surface area contributed by atoms with Crippen LogP contribution in [0.25, 0.3) is 0 Å². The van der Waals surface area contributed by atoms with Gasteiger partial charge in [0.1, 0.15) is 0 Å². The Hall–Kier alpha value is 0.230. The summed E-state index contributed by atoms with van der Waals surface area (Å²) >= 11 is 1.76. The third-order valence-corrected chi connectivity index (χ3v) is 2.16. The Kier molecular flexibility index (Phi) is 7.06. The predicted octanol–water partition coefficient (Wildman–Crippen LogP) is -0.319. The third-order valence-electron chi connectivity index (χ3n) is 1.33. The molecule has 0 aromatic rings. The lowest BCUT2D eigenvalue weighted by Crippen LogP contribution is -2.36. The molecule has 0 aromatic carbocycles. The summed E-state index contributed by atoms with van der Waals surface area (Å²) in [5.41, 5.74) is 0. The van der Waals surface area contributed by atoms with E-state index < -0.39 is 6.10 Å². The lowest BCUT2D eigenvalue weighted by molar-refractivity contribution is 0.0930. The second-order valence-corrected chi connectivity index (χ2v) is 3.51. The van der Waals surface area contributed by atoms with Gasteiger partial charge in [-0.3, -0.25) is 0 Å². The zero-order valence-corrected chi connectivity index (χ0v) is 7.90. The molecule has 3 nitrogen and oxygen atoms in total. The Morgan fingerprint density at radius 2 is 2.18 bits per heavy atom. The van der Waals surface area contributed by atoms with Crippen molar-refractivity contribution in [3.05, 3.63) is 0 Å². The maximum absolute atomic E-state index is 8.96. The standard InChI is InChI=1S/C7H17NO2S/c1-6(5-11-2)8-3-7(10)4-9/h6-10H,3-5H2,1-2H3. The largest absolute Gasteiger partial charge is 0.394 e. The van der Waals surface area contributed by atoms with E-state index in [1.54, 1.807) is 11.8 Å². The molecule has 2 unspecified atom stereocenters. The fraction of sp³-hybridized carbons (Fsp3) is 1.00. The Bertz CT molecular complexity index is 92.5. The van der Waals surface area contributed by atoms with Crippen LogP contribution in [0.3, 0.4) is 0 Å². The van der Waals surface area contributed by atoms with Crippen LogP contribution in [0.15, 0.2) is 0 Å². The smallest absolute Gasteiger partial charge is 0.0895 e. The average Bonchev–Trinajstić information content (AvgIpc) is 2.01. The van der Waals surface area contributed by atoms with Crippen LogP contribution in [0.1, 0.15) is 6.92 Å². The highest BCUT2D eigenvalue weighted by atomic mass is 32.2. The fourth-order valence-corrected chi connectivity index (χ4v) is 1.33. The SMILES string of the molecule is CSCC(C)NCC(O)CO. The zero-order chi connectivity index (χ0) is 8.69. The van der Waals surface area contributed by atoms with E-state index in [1.807, 2.05) is 6.26 Å². The summed E-state index contributed by atoms with van der Waals surface area (Å²) in [6.45, 7) is 2.36. The van der Waals surface area contributed by atoms with Gasteiger partial charge in [0.2, 0.25) is 0 Å². The highest BCUT2D eigenvalue weighted by molar-refractivity contribution is 7.98. The summed E-state index contributed by atoms with van der Waals surface area (Å²) in [7, 11) is 0. The van der Waals surface area contributed by atoms with Gasteiger partial charge in [0.15, 0.2) is 0 Å². The topological polar surface area (TPSA) is 52.5 Å². The van der Waals surface area contributed by atoms with Gasteiger partial charge in [0.25, 0.3) is 0 Å².